The van der Waals surface area contributed by atoms with Gasteiger partial charge in [-0.25, -0.2) is 0 Å². The maximum atomic E-state index is 10.5. The number of nitro groups is 1. The van der Waals surface area contributed by atoms with Crippen molar-refractivity contribution in [3.8, 4) is 0 Å². The molecule has 0 heterocycles. The van der Waals surface area contributed by atoms with Crippen LogP contribution in [0.5, 0.6) is 0 Å². The summed E-state index contributed by atoms with van der Waals surface area (Å²) in [5, 5.41) is 23.6. The molecule has 106 valence electrons. The van der Waals surface area contributed by atoms with E-state index in [2.05, 4.69) is 5.32 Å². The maximum absolute atomic E-state index is 10.5. The van der Waals surface area contributed by atoms with E-state index in [0.717, 1.165) is 0 Å². The Morgan fingerprint density at radius 1 is 1.42 bits per heavy atom. The molecule has 2 N–H and O–H groups in total. The van der Waals surface area contributed by atoms with Crippen LogP contribution in [0.4, 0.5) is 5.69 Å². The minimum atomic E-state index is -0.690. The van der Waals surface area contributed by atoms with Crippen LogP contribution in [0.25, 0.3) is 0 Å². The van der Waals surface area contributed by atoms with Gasteiger partial charge in [-0.1, -0.05) is 0 Å². The van der Waals surface area contributed by atoms with Crippen LogP contribution >= 0.6 is 0 Å². The van der Waals surface area contributed by atoms with Gasteiger partial charge in [-0.3, -0.25) is 10.1 Å². The van der Waals surface area contributed by atoms with Gasteiger partial charge in [0.1, 0.15) is 0 Å². The number of nitrogens with one attached hydrogen (secondary N) is 1. The number of hydrogen-bond acceptors (Lipinski definition) is 5. The van der Waals surface area contributed by atoms with Gasteiger partial charge in [0.15, 0.2) is 0 Å². The minimum Gasteiger partial charge on any atom is -0.387 e. The Morgan fingerprint density at radius 3 is 2.58 bits per heavy atom. The van der Waals surface area contributed by atoms with Crippen LogP contribution < -0.4 is 5.32 Å². The van der Waals surface area contributed by atoms with Gasteiger partial charge >= 0.3 is 0 Å². The molecule has 1 aromatic carbocycles. The molecule has 0 aliphatic rings. The van der Waals surface area contributed by atoms with E-state index >= 15 is 0 Å². The lowest BCUT2D eigenvalue weighted by Gasteiger charge is -2.17. The summed E-state index contributed by atoms with van der Waals surface area (Å²) in [6, 6.07) is 6.06. The van der Waals surface area contributed by atoms with E-state index < -0.39 is 11.0 Å². The molecule has 2 unspecified atom stereocenters. The van der Waals surface area contributed by atoms with Gasteiger partial charge in [-0.2, -0.15) is 0 Å². The number of aliphatic hydroxyl groups excluding tert-OH is 1. The van der Waals surface area contributed by atoms with Gasteiger partial charge in [0.25, 0.3) is 5.69 Å². The van der Waals surface area contributed by atoms with Crippen molar-refractivity contribution >= 4 is 5.69 Å². The van der Waals surface area contributed by atoms with Crippen molar-refractivity contribution in [3.63, 3.8) is 0 Å². The molecule has 0 aliphatic heterocycles. The average molecular weight is 268 g/mol. The van der Waals surface area contributed by atoms with E-state index in [1.54, 1.807) is 12.1 Å². The highest BCUT2D eigenvalue weighted by Crippen LogP contribution is 2.17. The van der Waals surface area contributed by atoms with E-state index in [-0.39, 0.29) is 11.7 Å². The van der Waals surface area contributed by atoms with Gasteiger partial charge in [-0.05, 0) is 31.5 Å². The lowest BCUT2D eigenvalue weighted by atomic mass is 10.1. The summed E-state index contributed by atoms with van der Waals surface area (Å²) in [5.41, 5.74) is 0.676. The zero-order valence-corrected chi connectivity index (χ0v) is 11.2. The van der Waals surface area contributed by atoms with Crippen molar-refractivity contribution in [2.45, 2.75) is 26.0 Å². The van der Waals surface area contributed by atoms with Crippen molar-refractivity contribution in [2.24, 2.45) is 0 Å². The average Bonchev–Trinajstić information content (AvgIpc) is 2.42. The zero-order chi connectivity index (χ0) is 14.3. The molecule has 0 aliphatic carbocycles. The molecular formula is C13H20N2O4. The highest BCUT2D eigenvalue weighted by molar-refractivity contribution is 5.33. The van der Waals surface area contributed by atoms with Crippen LogP contribution in [0.2, 0.25) is 0 Å². The summed E-state index contributed by atoms with van der Waals surface area (Å²) in [6.07, 6.45) is -0.690. The van der Waals surface area contributed by atoms with E-state index in [1.165, 1.54) is 12.1 Å². The summed E-state index contributed by atoms with van der Waals surface area (Å²) >= 11 is 0. The first kappa shape index (κ1) is 15.6. The molecule has 2 atom stereocenters. The standard InChI is InChI=1S/C13H20N2O4/c1-3-19-9-10(2)14-8-13(16)11-4-6-12(7-5-11)15(17)18/h4-7,10,13-14,16H,3,8-9H2,1-2H3. The Bertz CT molecular complexity index is 394. The third-order valence-corrected chi connectivity index (χ3v) is 2.72. The van der Waals surface area contributed by atoms with Crippen molar-refractivity contribution in [2.75, 3.05) is 19.8 Å². The molecular weight excluding hydrogens is 248 g/mol. The monoisotopic (exact) mass is 268 g/mol. The van der Waals surface area contributed by atoms with E-state index in [4.69, 9.17) is 4.74 Å². The molecule has 1 aromatic rings. The largest absolute Gasteiger partial charge is 0.387 e. The van der Waals surface area contributed by atoms with Gasteiger partial charge in [0, 0.05) is 31.3 Å². The number of nitro benzene ring substituents is 1. The third kappa shape index (κ3) is 5.34. The lowest BCUT2D eigenvalue weighted by Crippen LogP contribution is -2.33. The Hall–Kier alpha value is -1.50. The molecule has 6 nitrogen and oxygen atoms in total. The summed E-state index contributed by atoms with van der Waals surface area (Å²) in [5.74, 6) is 0. The summed E-state index contributed by atoms with van der Waals surface area (Å²) in [4.78, 5) is 10.1. The molecule has 0 amide bonds. The third-order valence-electron chi connectivity index (χ3n) is 2.72. The molecule has 0 saturated heterocycles. The fourth-order valence-corrected chi connectivity index (χ4v) is 1.60. The Morgan fingerprint density at radius 2 is 2.05 bits per heavy atom. The van der Waals surface area contributed by atoms with Crippen LogP contribution in [0.15, 0.2) is 24.3 Å². The predicted molar refractivity (Wildman–Crippen MR) is 72.0 cm³/mol. The summed E-state index contributed by atoms with van der Waals surface area (Å²) in [7, 11) is 0. The van der Waals surface area contributed by atoms with E-state index in [1.807, 2.05) is 13.8 Å². The maximum Gasteiger partial charge on any atom is 0.269 e. The molecule has 0 aromatic heterocycles. The molecule has 19 heavy (non-hydrogen) atoms. The number of hydrogen-bond donors (Lipinski definition) is 2. The van der Waals surface area contributed by atoms with Crippen LogP contribution in [-0.4, -0.2) is 35.8 Å². The molecule has 0 spiro atoms. The summed E-state index contributed by atoms with van der Waals surface area (Å²) in [6.45, 7) is 5.53. The molecule has 1 rings (SSSR count). The Balaban J connectivity index is 2.44. The number of ether oxygens (including phenoxy) is 1. The lowest BCUT2D eigenvalue weighted by molar-refractivity contribution is -0.384. The number of rotatable bonds is 8. The van der Waals surface area contributed by atoms with E-state index in [9.17, 15) is 15.2 Å². The van der Waals surface area contributed by atoms with Gasteiger partial charge < -0.3 is 15.2 Å². The number of non-ortho nitro benzene ring substituents is 1. The first-order chi connectivity index (χ1) is 9.04. The first-order valence-electron chi connectivity index (χ1n) is 6.28. The van der Waals surface area contributed by atoms with Crippen LogP contribution in [0.3, 0.4) is 0 Å². The van der Waals surface area contributed by atoms with Gasteiger partial charge in [0.05, 0.1) is 17.6 Å². The molecule has 0 fully saturated rings. The first-order valence-corrected chi connectivity index (χ1v) is 6.28. The van der Waals surface area contributed by atoms with Crippen molar-refractivity contribution in [1.29, 1.82) is 0 Å². The Labute approximate surface area is 112 Å². The van der Waals surface area contributed by atoms with Crippen LogP contribution in [-0.2, 0) is 4.74 Å². The van der Waals surface area contributed by atoms with Crippen molar-refractivity contribution < 1.29 is 14.8 Å². The SMILES string of the molecule is CCOCC(C)NCC(O)c1ccc([N+](=O)[O-])cc1. The summed E-state index contributed by atoms with van der Waals surface area (Å²) < 4.78 is 5.26. The van der Waals surface area contributed by atoms with Crippen LogP contribution in [0.1, 0.15) is 25.5 Å². The molecule has 0 radical (unpaired) electrons. The highest BCUT2D eigenvalue weighted by atomic mass is 16.6. The second kappa shape index (κ2) is 7.83. The zero-order valence-electron chi connectivity index (χ0n) is 11.2. The fraction of sp³-hybridized carbons (Fsp3) is 0.538. The molecule has 0 bridgehead atoms. The number of nitrogens with zero attached hydrogens (tertiary/aromatic N) is 1. The predicted octanol–water partition coefficient (Wildman–Crippen LogP) is 1.64. The Kier molecular flexibility index (Phi) is 6.41. The van der Waals surface area contributed by atoms with Gasteiger partial charge in [0.2, 0.25) is 0 Å². The number of benzene rings is 1. The fourth-order valence-electron chi connectivity index (χ4n) is 1.60. The second-order valence-corrected chi connectivity index (χ2v) is 4.33. The van der Waals surface area contributed by atoms with Crippen LogP contribution in [0, 0.1) is 10.1 Å². The van der Waals surface area contributed by atoms with Crippen molar-refractivity contribution in [1.82, 2.24) is 5.32 Å². The minimum absolute atomic E-state index is 0.0219. The topological polar surface area (TPSA) is 84.6 Å². The highest BCUT2D eigenvalue weighted by Gasteiger charge is 2.11. The van der Waals surface area contributed by atoms with Crippen molar-refractivity contribution in [3.05, 3.63) is 39.9 Å². The van der Waals surface area contributed by atoms with E-state index in [0.29, 0.717) is 25.3 Å². The van der Waals surface area contributed by atoms with Gasteiger partial charge in [-0.15, -0.1) is 0 Å². The molecule has 6 heteroatoms. The smallest absolute Gasteiger partial charge is 0.269 e. The molecule has 0 saturated carbocycles. The number of aliphatic hydroxyl groups is 1. The quantitative estimate of drug-likeness (QED) is 0.553. The second-order valence-electron chi connectivity index (χ2n) is 4.33. The normalized spacial score (nSPS) is 14.1.